The van der Waals surface area contributed by atoms with E-state index in [9.17, 15) is 5.11 Å². The zero-order chi connectivity index (χ0) is 14.0. The maximum Gasteiger partial charge on any atom is 0.185 e. The molecule has 1 aliphatic heterocycles. The molecule has 1 aliphatic rings. The molecule has 0 saturated carbocycles. The summed E-state index contributed by atoms with van der Waals surface area (Å²) in [5.74, 6) is 0.799. The first-order valence-corrected chi connectivity index (χ1v) is 8.13. The summed E-state index contributed by atoms with van der Waals surface area (Å²) in [4.78, 5) is 8.27. The molecule has 1 atom stereocenters. The summed E-state index contributed by atoms with van der Waals surface area (Å²) in [6.45, 7) is 11.1. The van der Waals surface area contributed by atoms with Crippen LogP contribution in [0.2, 0.25) is 0 Å². The molecule has 1 N–H and O–H groups in total. The molecule has 0 aromatic carbocycles. The molecule has 2 heterocycles. The lowest BCUT2D eigenvalue weighted by atomic mass is 9.91. The minimum absolute atomic E-state index is 0.00670. The van der Waals surface area contributed by atoms with Crippen LogP contribution in [-0.4, -0.2) is 23.2 Å². The van der Waals surface area contributed by atoms with Gasteiger partial charge in [-0.3, -0.25) is 0 Å². The van der Waals surface area contributed by atoms with Gasteiger partial charge < -0.3 is 10.0 Å². The summed E-state index contributed by atoms with van der Waals surface area (Å²) in [5.41, 5.74) is 1.07. The van der Waals surface area contributed by atoms with Crippen molar-refractivity contribution < 1.29 is 5.11 Å². The van der Waals surface area contributed by atoms with Crippen molar-refractivity contribution in [2.75, 3.05) is 18.0 Å². The average Bonchev–Trinajstić information content (AvgIpc) is 2.83. The second kappa shape index (κ2) is 5.80. The van der Waals surface area contributed by atoms with Gasteiger partial charge in [0.1, 0.15) is 0 Å². The van der Waals surface area contributed by atoms with Crippen LogP contribution in [0.25, 0.3) is 0 Å². The average molecular weight is 282 g/mol. The number of thiazole rings is 1. The molecule has 3 nitrogen and oxygen atoms in total. The van der Waals surface area contributed by atoms with Crippen LogP contribution in [0.3, 0.4) is 0 Å². The molecule has 19 heavy (non-hydrogen) atoms. The van der Waals surface area contributed by atoms with Crippen LogP contribution in [0.1, 0.15) is 57.5 Å². The van der Waals surface area contributed by atoms with Gasteiger partial charge in [0.05, 0.1) is 17.2 Å². The Morgan fingerprint density at radius 3 is 2.68 bits per heavy atom. The highest BCUT2D eigenvalue weighted by molar-refractivity contribution is 7.15. The van der Waals surface area contributed by atoms with Gasteiger partial charge in [-0.25, -0.2) is 4.98 Å². The first kappa shape index (κ1) is 14.8. The number of nitrogens with zero attached hydrogens (tertiary/aromatic N) is 2. The quantitative estimate of drug-likeness (QED) is 0.921. The maximum atomic E-state index is 9.54. The summed E-state index contributed by atoms with van der Waals surface area (Å²) in [6.07, 6.45) is 3.86. The van der Waals surface area contributed by atoms with E-state index in [0.29, 0.717) is 0 Å². The van der Waals surface area contributed by atoms with Crippen LogP contribution >= 0.6 is 11.3 Å². The highest BCUT2D eigenvalue weighted by Gasteiger charge is 2.26. The van der Waals surface area contributed by atoms with Gasteiger partial charge in [-0.15, -0.1) is 0 Å². The molecule has 0 amide bonds. The van der Waals surface area contributed by atoms with E-state index >= 15 is 0 Å². The third kappa shape index (κ3) is 3.29. The lowest BCUT2D eigenvalue weighted by molar-refractivity contribution is 0.282. The fourth-order valence-corrected chi connectivity index (χ4v) is 3.91. The molecule has 0 spiro atoms. The van der Waals surface area contributed by atoms with Crippen molar-refractivity contribution in [3.8, 4) is 0 Å². The zero-order valence-corrected chi connectivity index (χ0v) is 13.4. The van der Waals surface area contributed by atoms with Gasteiger partial charge >= 0.3 is 0 Å². The number of hydrogen-bond donors (Lipinski definition) is 1. The molecular formula is C15H26N2OS. The highest BCUT2D eigenvalue weighted by atomic mass is 32.1. The number of aliphatic hydroxyl groups is 1. The van der Waals surface area contributed by atoms with Gasteiger partial charge in [-0.05, 0) is 18.8 Å². The number of anilines is 1. The topological polar surface area (TPSA) is 36.4 Å². The molecule has 0 radical (unpaired) electrons. The number of rotatable bonds is 3. The van der Waals surface area contributed by atoms with E-state index < -0.39 is 0 Å². The molecule has 4 heteroatoms. The van der Waals surface area contributed by atoms with Crippen molar-refractivity contribution in [3.63, 3.8) is 0 Å². The monoisotopic (exact) mass is 282 g/mol. The summed E-state index contributed by atoms with van der Waals surface area (Å²) in [7, 11) is 0. The first-order valence-electron chi connectivity index (χ1n) is 7.31. The van der Waals surface area contributed by atoms with Crippen LogP contribution in [0.4, 0.5) is 5.13 Å². The summed E-state index contributed by atoms with van der Waals surface area (Å²) >= 11 is 1.67. The Hall–Kier alpha value is -0.610. The standard InChI is InChI=1S/C15H26N2OS/c1-5-11-7-6-8-17(9-11)14-16-13(15(2,3)4)12(10-18)19-14/h11,18H,5-10H2,1-4H3. The molecule has 1 aromatic rings. The predicted molar refractivity (Wildman–Crippen MR) is 82.0 cm³/mol. The first-order chi connectivity index (χ1) is 8.95. The van der Waals surface area contributed by atoms with E-state index in [2.05, 4.69) is 32.6 Å². The Morgan fingerprint density at radius 1 is 1.42 bits per heavy atom. The number of hydrogen-bond acceptors (Lipinski definition) is 4. The lowest BCUT2D eigenvalue weighted by Gasteiger charge is -2.32. The van der Waals surface area contributed by atoms with Gasteiger partial charge in [0.15, 0.2) is 5.13 Å². The predicted octanol–water partition coefficient (Wildman–Crippen LogP) is 3.56. The minimum Gasteiger partial charge on any atom is -0.391 e. The van der Waals surface area contributed by atoms with E-state index in [1.54, 1.807) is 11.3 Å². The summed E-state index contributed by atoms with van der Waals surface area (Å²) < 4.78 is 0. The maximum absolute atomic E-state index is 9.54. The van der Waals surface area contributed by atoms with Crippen molar-refractivity contribution in [2.45, 2.75) is 59.0 Å². The van der Waals surface area contributed by atoms with Crippen molar-refractivity contribution in [1.82, 2.24) is 4.98 Å². The fraction of sp³-hybridized carbons (Fsp3) is 0.800. The highest BCUT2D eigenvalue weighted by Crippen LogP contribution is 2.35. The van der Waals surface area contributed by atoms with Gasteiger partial charge in [-0.2, -0.15) is 0 Å². The zero-order valence-electron chi connectivity index (χ0n) is 12.6. The largest absolute Gasteiger partial charge is 0.391 e. The van der Waals surface area contributed by atoms with Crippen LogP contribution in [0, 0.1) is 5.92 Å². The van der Waals surface area contributed by atoms with E-state index in [0.717, 1.165) is 34.7 Å². The van der Waals surface area contributed by atoms with Gasteiger partial charge in [-0.1, -0.05) is 45.5 Å². The third-order valence-corrected chi connectivity index (χ3v) is 5.01. The Bertz CT molecular complexity index is 422. The van der Waals surface area contributed by atoms with Crippen molar-refractivity contribution in [3.05, 3.63) is 10.6 Å². The molecule has 108 valence electrons. The van der Waals surface area contributed by atoms with Crippen molar-refractivity contribution in [2.24, 2.45) is 5.92 Å². The van der Waals surface area contributed by atoms with Crippen LogP contribution in [0.15, 0.2) is 0 Å². The van der Waals surface area contributed by atoms with Crippen LogP contribution in [-0.2, 0) is 12.0 Å². The Labute approximate surface area is 120 Å². The third-order valence-electron chi connectivity index (χ3n) is 3.91. The second-order valence-corrected chi connectivity index (χ2v) is 7.60. The molecule has 0 bridgehead atoms. The molecule has 1 aromatic heterocycles. The number of aliphatic hydroxyl groups excluding tert-OH is 1. The van der Waals surface area contributed by atoms with Crippen molar-refractivity contribution >= 4 is 16.5 Å². The van der Waals surface area contributed by atoms with Crippen LogP contribution < -0.4 is 4.90 Å². The minimum atomic E-state index is 0.00670. The van der Waals surface area contributed by atoms with Gasteiger partial charge in [0.2, 0.25) is 0 Å². The Morgan fingerprint density at radius 2 is 2.16 bits per heavy atom. The van der Waals surface area contributed by atoms with E-state index in [1.807, 2.05) is 0 Å². The van der Waals surface area contributed by atoms with E-state index in [4.69, 9.17) is 4.98 Å². The fourth-order valence-electron chi connectivity index (χ4n) is 2.74. The molecule has 1 unspecified atom stereocenters. The lowest BCUT2D eigenvalue weighted by Crippen LogP contribution is -2.35. The van der Waals surface area contributed by atoms with Crippen LogP contribution in [0.5, 0.6) is 0 Å². The summed E-state index contributed by atoms with van der Waals surface area (Å²) in [6, 6.07) is 0. The molecule has 0 aliphatic carbocycles. The van der Waals surface area contributed by atoms with Gasteiger partial charge in [0, 0.05) is 18.5 Å². The van der Waals surface area contributed by atoms with Crippen molar-refractivity contribution in [1.29, 1.82) is 0 Å². The smallest absolute Gasteiger partial charge is 0.185 e. The SMILES string of the molecule is CCC1CCCN(c2nc(C(C)(C)C)c(CO)s2)C1. The molecule has 1 fully saturated rings. The molecule has 1 saturated heterocycles. The second-order valence-electron chi connectivity index (χ2n) is 6.54. The number of piperidine rings is 1. The van der Waals surface area contributed by atoms with E-state index in [-0.39, 0.29) is 12.0 Å². The number of aromatic nitrogens is 1. The normalized spacial score (nSPS) is 20.9. The Kier molecular flexibility index (Phi) is 4.51. The summed E-state index contributed by atoms with van der Waals surface area (Å²) in [5, 5.41) is 10.6. The molecular weight excluding hydrogens is 256 g/mol. The van der Waals surface area contributed by atoms with Gasteiger partial charge in [0.25, 0.3) is 0 Å². The Balaban J connectivity index is 2.23. The van der Waals surface area contributed by atoms with E-state index in [1.165, 1.54) is 19.3 Å². The molecule has 2 rings (SSSR count).